The number of carbonyl (C=O) groups excluding carboxylic acids is 2. The van der Waals surface area contributed by atoms with Crippen LogP contribution in [0.1, 0.15) is 37.9 Å². The number of ether oxygens (including phenoxy) is 3. The Morgan fingerprint density at radius 1 is 1.25 bits per heavy atom. The molecule has 0 bridgehead atoms. The molecule has 192 valence electrons. The van der Waals surface area contributed by atoms with Gasteiger partial charge in [-0.2, -0.15) is 0 Å². The second kappa shape index (κ2) is 11.0. The average Bonchev–Trinajstić information content (AvgIpc) is 3.14. The minimum absolute atomic E-state index is 0.0420. The molecule has 0 saturated carbocycles. The van der Waals surface area contributed by atoms with Gasteiger partial charge in [-0.05, 0) is 49.6 Å². The number of aryl methyl sites for hydroxylation is 1. The van der Waals surface area contributed by atoms with E-state index < -0.39 is 0 Å². The molecule has 1 aromatic heterocycles. The molecule has 3 heterocycles. The van der Waals surface area contributed by atoms with Gasteiger partial charge >= 0.3 is 12.1 Å². The normalized spacial score (nSPS) is 19.9. The average molecular weight is 494 g/mol. The Balaban J connectivity index is 1.72. The number of aromatic nitrogens is 1. The van der Waals surface area contributed by atoms with E-state index in [0.717, 1.165) is 47.7 Å². The molecule has 0 aliphatic carbocycles. The fraction of sp³-hybridized carbons (Fsp3) is 0.464. The van der Waals surface area contributed by atoms with Crippen LogP contribution in [0.25, 0.3) is 11.1 Å². The second-order valence-corrected chi connectivity index (χ2v) is 9.43. The summed E-state index contributed by atoms with van der Waals surface area (Å²) < 4.78 is 16.2. The summed E-state index contributed by atoms with van der Waals surface area (Å²) in [6.45, 7) is 10.1. The molecule has 2 unspecified atom stereocenters. The number of anilines is 1. The van der Waals surface area contributed by atoms with Gasteiger partial charge in [0.05, 0.1) is 32.5 Å². The number of rotatable bonds is 10. The van der Waals surface area contributed by atoms with E-state index in [9.17, 15) is 9.59 Å². The van der Waals surface area contributed by atoms with Crippen molar-refractivity contribution in [3.05, 3.63) is 54.2 Å². The Hall–Kier alpha value is -3.55. The predicted octanol–water partition coefficient (Wildman–Crippen LogP) is 4.60. The maximum Gasteiger partial charge on any atom is 0.410 e. The molecule has 2 aliphatic rings. The molecule has 1 aromatic carbocycles. The SMILES string of the molecule is C=CC(C)C1OC(=O)N(Cc2nc(N3CCC3)ccc2-c2cc(CCC(=O)OC)ccc2OC)[C@H]1C. The van der Waals surface area contributed by atoms with E-state index in [1.807, 2.05) is 50.3 Å². The number of hydrogen-bond donors (Lipinski definition) is 0. The third-order valence-electron chi connectivity index (χ3n) is 7.19. The Morgan fingerprint density at radius 2 is 2.03 bits per heavy atom. The zero-order valence-corrected chi connectivity index (χ0v) is 21.5. The highest BCUT2D eigenvalue weighted by Gasteiger charge is 2.41. The Morgan fingerprint density at radius 3 is 2.67 bits per heavy atom. The largest absolute Gasteiger partial charge is 0.496 e. The summed E-state index contributed by atoms with van der Waals surface area (Å²) >= 11 is 0. The lowest BCUT2D eigenvalue weighted by Gasteiger charge is -2.33. The number of carbonyl (C=O) groups is 2. The highest BCUT2D eigenvalue weighted by molar-refractivity contribution is 5.76. The standard InChI is InChI=1S/C28H35N3O5/c1-6-18(2)27-19(3)31(28(33)36-27)17-23-21(10-12-25(29-23)30-14-7-15-30)22-16-20(8-11-24(22)34-4)9-13-26(32)35-5/h6,8,10-12,16,18-19,27H,1,7,9,13-15,17H2,2-5H3/t18?,19-,27?/m0/s1. The van der Waals surface area contributed by atoms with E-state index in [4.69, 9.17) is 19.2 Å². The summed E-state index contributed by atoms with van der Waals surface area (Å²) in [5.41, 5.74) is 3.52. The zero-order chi connectivity index (χ0) is 25.8. The first kappa shape index (κ1) is 25.5. The summed E-state index contributed by atoms with van der Waals surface area (Å²) in [6.07, 6.45) is 3.20. The maximum atomic E-state index is 12.9. The van der Waals surface area contributed by atoms with Crippen LogP contribution < -0.4 is 9.64 Å². The molecule has 1 amide bonds. The first-order valence-electron chi connectivity index (χ1n) is 12.4. The van der Waals surface area contributed by atoms with Gasteiger partial charge in [-0.15, -0.1) is 6.58 Å². The topological polar surface area (TPSA) is 81.2 Å². The van der Waals surface area contributed by atoms with Crippen molar-refractivity contribution in [1.82, 2.24) is 9.88 Å². The van der Waals surface area contributed by atoms with Crippen molar-refractivity contribution in [2.75, 3.05) is 32.2 Å². The molecule has 0 radical (unpaired) electrons. The first-order chi connectivity index (χ1) is 17.4. The number of pyridine rings is 1. The number of esters is 1. The molecular weight excluding hydrogens is 458 g/mol. The van der Waals surface area contributed by atoms with Crippen molar-refractivity contribution in [1.29, 1.82) is 0 Å². The fourth-order valence-electron chi connectivity index (χ4n) is 4.72. The van der Waals surface area contributed by atoms with Gasteiger partial charge in [0.2, 0.25) is 0 Å². The predicted molar refractivity (Wildman–Crippen MR) is 138 cm³/mol. The molecule has 8 nitrogen and oxygen atoms in total. The zero-order valence-electron chi connectivity index (χ0n) is 21.5. The van der Waals surface area contributed by atoms with E-state index in [2.05, 4.69) is 11.5 Å². The summed E-state index contributed by atoms with van der Waals surface area (Å²) in [7, 11) is 3.03. The summed E-state index contributed by atoms with van der Waals surface area (Å²) in [6, 6.07) is 9.83. The Bertz CT molecular complexity index is 1130. The highest BCUT2D eigenvalue weighted by Crippen LogP contribution is 2.36. The van der Waals surface area contributed by atoms with Gasteiger partial charge in [0, 0.05) is 36.6 Å². The molecule has 3 atom stereocenters. The second-order valence-electron chi connectivity index (χ2n) is 9.43. The van der Waals surface area contributed by atoms with Crippen LogP contribution in [0.5, 0.6) is 5.75 Å². The van der Waals surface area contributed by atoms with Crippen molar-refractivity contribution in [3.63, 3.8) is 0 Å². The van der Waals surface area contributed by atoms with E-state index >= 15 is 0 Å². The molecule has 2 fully saturated rings. The van der Waals surface area contributed by atoms with E-state index in [-0.39, 0.29) is 30.1 Å². The molecule has 2 aromatic rings. The number of benzene rings is 1. The van der Waals surface area contributed by atoms with Gasteiger partial charge in [0.25, 0.3) is 0 Å². The van der Waals surface area contributed by atoms with Gasteiger partial charge in [-0.1, -0.05) is 19.1 Å². The van der Waals surface area contributed by atoms with Crippen molar-refractivity contribution in [3.8, 4) is 16.9 Å². The lowest BCUT2D eigenvalue weighted by molar-refractivity contribution is -0.140. The van der Waals surface area contributed by atoms with Crippen LogP contribution >= 0.6 is 0 Å². The molecule has 4 rings (SSSR count). The van der Waals surface area contributed by atoms with Crippen LogP contribution in [0.15, 0.2) is 43.0 Å². The van der Waals surface area contributed by atoms with Gasteiger partial charge in [-0.25, -0.2) is 9.78 Å². The summed E-state index contributed by atoms with van der Waals surface area (Å²) in [4.78, 5) is 33.5. The number of nitrogens with zero attached hydrogens (tertiary/aromatic N) is 3. The molecule has 2 saturated heterocycles. The molecule has 8 heteroatoms. The molecule has 0 spiro atoms. The van der Waals surface area contributed by atoms with Crippen LogP contribution in [0.3, 0.4) is 0 Å². The first-order valence-corrected chi connectivity index (χ1v) is 12.4. The number of methoxy groups -OCH3 is 2. The van der Waals surface area contributed by atoms with E-state index in [0.29, 0.717) is 25.1 Å². The third-order valence-corrected chi connectivity index (χ3v) is 7.19. The summed E-state index contributed by atoms with van der Waals surface area (Å²) in [5, 5.41) is 0. The molecule has 2 aliphatic heterocycles. The van der Waals surface area contributed by atoms with Crippen molar-refractivity contribution >= 4 is 17.9 Å². The monoisotopic (exact) mass is 493 g/mol. The van der Waals surface area contributed by atoms with Crippen molar-refractivity contribution in [2.24, 2.45) is 5.92 Å². The van der Waals surface area contributed by atoms with Crippen LogP contribution in [0, 0.1) is 5.92 Å². The third kappa shape index (κ3) is 5.17. The molecule has 36 heavy (non-hydrogen) atoms. The van der Waals surface area contributed by atoms with Crippen LogP contribution in [-0.2, 0) is 27.2 Å². The van der Waals surface area contributed by atoms with Crippen LogP contribution in [-0.4, -0.2) is 61.4 Å². The number of amides is 1. The van der Waals surface area contributed by atoms with Gasteiger partial charge < -0.3 is 19.1 Å². The van der Waals surface area contributed by atoms with E-state index in [1.165, 1.54) is 7.11 Å². The minimum atomic E-state index is -0.345. The van der Waals surface area contributed by atoms with Gasteiger partial charge in [-0.3, -0.25) is 9.69 Å². The minimum Gasteiger partial charge on any atom is -0.496 e. The number of cyclic esters (lactones) is 1. The highest BCUT2D eigenvalue weighted by atomic mass is 16.6. The quantitative estimate of drug-likeness (QED) is 0.353. The Labute approximate surface area is 212 Å². The lowest BCUT2D eigenvalue weighted by atomic mass is 9.97. The van der Waals surface area contributed by atoms with Gasteiger partial charge in [0.1, 0.15) is 17.7 Å². The van der Waals surface area contributed by atoms with Gasteiger partial charge in [0.15, 0.2) is 0 Å². The smallest absolute Gasteiger partial charge is 0.410 e. The van der Waals surface area contributed by atoms with Crippen LogP contribution in [0.4, 0.5) is 10.6 Å². The lowest BCUT2D eigenvalue weighted by Crippen LogP contribution is -2.38. The molecular formula is C28H35N3O5. The summed E-state index contributed by atoms with van der Waals surface area (Å²) in [5.74, 6) is 1.39. The number of hydrogen-bond acceptors (Lipinski definition) is 7. The van der Waals surface area contributed by atoms with E-state index in [1.54, 1.807) is 12.0 Å². The molecule has 0 N–H and O–H groups in total. The van der Waals surface area contributed by atoms with Crippen molar-refractivity contribution in [2.45, 2.75) is 51.8 Å². The van der Waals surface area contributed by atoms with Crippen LogP contribution in [0.2, 0.25) is 0 Å². The fourth-order valence-corrected chi connectivity index (χ4v) is 4.72. The Kier molecular flexibility index (Phi) is 7.82. The van der Waals surface area contributed by atoms with Crippen molar-refractivity contribution < 1.29 is 23.8 Å². The maximum absolute atomic E-state index is 12.9.